The molecule has 0 aliphatic heterocycles. The van der Waals surface area contributed by atoms with Gasteiger partial charge in [0, 0.05) is 6.54 Å². The Labute approximate surface area is 71.2 Å². The van der Waals surface area contributed by atoms with Crippen molar-refractivity contribution in [1.29, 1.82) is 0 Å². The highest BCUT2D eigenvalue weighted by atomic mass is 79.9. The molecule has 0 aliphatic rings. The summed E-state index contributed by atoms with van der Waals surface area (Å²) in [6, 6.07) is 0. The summed E-state index contributed by atoms with van der Waals surface area (Å²) < 4.78 is 4.05. The number of nitrogens with two attached hydrogens (primary N) is 1. The van der Waals surface area contributed by atoms with Crippen LogP contribution < -0.4 is 27.3 Å². The second kappa shape index (κ2) is 4.46. The molecule has 0 aliphatic carbocycles. The second-order valence-corrected chi connectivity index (χ2v) is 2.11. The van der Waals surface area contributed by atoms with E-state index >= 15 is 0 Å². The van der Waals surface area contributed by atoms with Crippen molar-refractivity contribution in [2.75, 3.05) is 6.54 Å². The first-order valence-corrected chi connectivity index (χ1v) is 3.04. The minimum Gasteiger partial charge on any atom is -1.00 e. The Morgan fingerprint density at radius 3 is 2.70 bits per heavy atom. The van der Waals surface area contributed by atoms with Gasteiger partial charge in [-0.25, -0.2) is 9.13 Å². The van der Waals surface area contributed by atoms with Gasteiger partial charge in [-0.2, -0.15) is 0 Å². The van der Waals surface area contributed by atoms with E-state index in [-0.39, 0.29) is 17.0 Å². The highest BCUT2D eigenvalue weighted by molar-refractivity contribution is 4.65. The number of aromatic nitrogens is 2. The maximum atomic E-state index is 5.34. The van der Waals surface area contributed by atoms with Crippen molar-refractivity contribution >= 4 is 0 Å². The van der Waals surface area contributed by atoms with E-state index in [0.717, 1.165) is 6.54 Å². The van der Waals surface area contributed by atoms with Crippen LogP contribution in [0.3, 0.4) is 0 Å². The van der Waals surface area contributed by atoms with Gasteiger partial charge in [0.25, 0.3) is 0 Å². The van der Waals surface area contributed by atoms with E-state index < -0.39 is 0 Å². The minimum atomic E-state index is 0. The van der Waals surface area contributed by atoms with Crippen LogP contribution in [-0.4, -0.2) is 11.1 Å². The Morgan fingerprint density at radius 2 is 2.30 bits per heavy atom. The maximum Gasteiger partial charge on any atom is 0.243 e. The van der Waals surface area contributed by atoms with Crippen LogP contribution in [-0.2, 0) is 13.6 Å². The van der Waals surface area contributed by atoms with E-state index in [1.807, 2.05) is 30.3 Å². The Bertz CT molecular complexity index is 185. The number of imidazole rings is 1. The number of hydrogen-bond acceptors (Lipinski definition) is 1. The normalized spacial score (nSPS) is 9.00. The molecule has 0 saturated heterocycles. The van der Waals surface area contributed by atoms with Crippen molar-refractivity contribution in [3.63, 3.8) is 0 Å². The predicted octanol–water partition coefficient (Wildman–Crippen LogP) is -3.72. The molecular formula is C6H12BrN3. The van der Waals surface area contributed by atoms with E-state index in [1.54, 1.807) is 0 Å². The van der Waals surface area contributed by atoms with Crippen molar-refractivity contribution in [2.45, 2.75) is 6.54 Å². The van der Waals surface area contributed by atoms with Gasteiger partial charge in [0.2, 0.25) is 6.33 Å². The summed E-state index contributed by atoms with van der Waals surface area (Å²) in [6.07, 6.45) is 6.01. The zero-order valence-corrected chi connectivity index (χ0v) is 7.58. The number of rotatable bonds is 2. The molecule has 3 nitrogen and oxygen atoms in total. The van der Waals surface area contributed by atoms with Gasteiger partial charge >= 0.3 is 0 Å². The van der Waals surface area contributed by atoms with Gasteiger partial charge in [0.05, 0.1) is 7.05 Å². The molecule has 0 radical (unpaired) electrons. The fourth-order valence-electron chi connectivity index (χ4n) is 0.783. The molecule has 2 N–H and O–H groups in total. The molecule has 10 heavy (non-hydrogen) atoms. The lowest BCUT2D eigenvalue weighted by Gasteiger charge is -1.87. The zero-order chi connectivity index (χ0) is 6.69. The fraction of sp³-hybridized carbons (Fsp3) is 0.500. The molecule has 0 bridgehead atoms. The SMILES string of the molecule is C[n+]1ccn(CCN)c1.[Br-]. The topological polar surface area (TPSA) is 34.8 Å². The summed E-state index contributed by atoms with van der Waals surface area (Å²) in [4.78, 5) is 0. The third-order valence-corrected chi connectivity index (χ3v) is 1.21. The van der Waals surface area contributed by atoms with Crippen molar-refractivity contribution in [2.24, 2.45) is 12.8 Å². The molecule has 0 fully saturated rings. The Hall–Kier alpha value is -0.350. The molecule has 0 aromatic carbocycles. The van der Waals surface area contributed by atoms with Crippen molar-refractivity contribution in [1.82, 2.24) is 4.57 Å². The van der Waals surface area contributed by atoms with Crippen LogP contribution in [0.2, 0.25) is 0 Å². The number of aryl methyl sites for hydroxylation is 1. The summed E-state index contributed by atoms with van der Waals surface area (Å²) in [5.74, 6) is 0. The molecule has 1 aromatic rings. The van der Waals surface area contributed by atoms with Crippen LogP contribution in [0.4, 0.5) is 0 Å². The van der Waals surface area contributed by atoms with Crippen molar-refractivity contribution in [3.05, 3.63) is 18.7 Å². The van der Waals surface area contributed by atoms with E-state index in [1.165, 1.54) is 0 Å². The lowest BCUT2D eigenvalue weighted by Crippen LogP contribution is -3.00. The summed E-state index contributed by atoms with van der Waals surface area (Å²) in [6.45, 7) is 1.61. The molecule has 0 unspecified atom stereocenters. The Balaban J connectivity index is 0.000000810. The quantitative estimate of drug-likeness (QED) is 0.496. The molecule has 0 amide bonds. The first kappa shape index (κ1) is 9.65. The van der Waals surface area contributed by atoms with Gasteiger partial charge in [0.15, 0.2) is 0 Å². The molecule has 1 heterocycles. The average Bonchev–Trinajstić information content (AvgIpc) is 2.17. The van der Waals surface area contributed by atoms with Crippen LogP contribution in [0.5, 0.6) is 0 Å². The molecule has 1 rings (SSSR count). The van der Waals surface area contributed by atoms with E-state index in [2.05, 4.69) is 4.57 Å². The van der Waals surface area contributed by atoms with Crippen molar-refractivity contribution in [3.8, 4) is 0 Å². The molecule has 4 heteroatoms. The zero-order valence-electron chi connectivity index (χ0n) is 6.00. The summed E-state index contributed by atoms with van der Waals surface area (Å²) in [5, 5.41) is 0. The van der Waals surface area contributed by atoms with Gasteiger partial charge < -0.3 is 22.7 Å². The molecular weight excluding hydrogens is 194 g/mol. The summed E-state index contributed by atoms with van der Waals surface area (Å²) in [7, 11) is 1.99. The maximum absolute atomic E-state index is 5.34. The van der Waals surface area contributed by atoms with Crippen LogP contribution in [0.25, 0.3) is 0 Å². The number of hydrogen-bond donors (Lipinski definition) is 1. The molecule has 0 spiro atoms. The second-order valence-electron chi connectivity index (χ2n) is 2.11. The first-order valence-electron chi connectivity index (χ1n) is 3.04. The van der Waals surface area contributed by atoms with E-state index in [9.17, 15) is 0 Å². The number of halogens is 1. The van der Waals surface area contributed by atoms with Gasteiger partial charge in [0.1, 0.15) is 18.9 Å². The minimum absolute atomic E-state index is 0. The van der Waals surface area contributed by atoms with Gasteiger partial charge in [-0.3, -0.25) is 0 Å². The summed E-state index contributed by atoms with van der Waals surface area (Å²) >= 11 is 0. The van der Waals surface area contributed by atoms with Gasteiger partial charge in [-0.15, -0.1) is 0 Å². The first-order chi connectivity index (χ1) is 4.33. The highest BCUT2D eigenvalue weighted by Crippen LogP contribution is 1.79. The molecule has 58 valence electrons. The monoisotopic (exact) mass is 205 g/mol. The molecule has 0 atom stereocenters. The smallest absolute Gasteiger partial charge is 0.243 e. The van der Waals surface area contributed by atoms with Crippen molar-refractivity contribution < 1.29 is 21.5 Å². The highest BCUT2D eigenvalue weighted by Gasteiger charge is 1.95. The van der Waals surface area contributed by atoms with Gasteiger partial charge in [-0.05, 0) is 0 Å². The third-order valence-electron chi connectivity index (χ3n) is 1.21. The van der Waals surface area contributed by atoms with Crippen LogP contribution in [0.1, 0.15) is 0 Å². The van der Waals surface area contributed by atoms with Crippen LogP contribution >= 0.6 is 0 Å². The van der Waals surface area contributed by atoms with E-state index in [0.29, 0.717) is 6.54 Å². The number of nitrogens with zero attached hydrogens (tertiary/aromatic N) is 2. The van der Waals surface area contributed by atoms with E-state index in [4.69, 9.17) is 5.73 Å². The Kier molecular flexibility index (Phi) is 4.31. The predicted molar refractivity (Wildman–Crippen MR) is 34.7 cm³/mol. The fourth-order valence-corrected chi connectivity index (χ4v) is 0.783. The standard InChI is InChI=1S/C6H12N3.BrH/c1-8-4-5-9(6-8)3-2-7;/h4-6H,2-3,7H2,1H3;1H/q+1;/p-1. The third kappa shape index (κ3) is 2.49. The largest absolute Gasteiger partial charge is 1.00 e. The summed E-state index contributed by atoms with van der Waals surface area (Å²) in [5.41, 5.74) is 5.34. The Morgan fingerprint density at radius 1 is 1.60 bits per heavy atom. The molecule has 0 saturated carbocycles. The lowest BCUT2D eigenvalue weighted by atomic mass is 10.6. The van der Waals surface area contributed by atoms with Crippen LogP contribution in [0.15, 0.2) is 18.7 Å². The lowest BCUT2D eigenvalue weighted by molar-refractivity contribution is -0.671. The molecule has 1 aromatic heterocycles. The average molecular weight is 206 g/mol. The van der Waals surface area contributed by atoms with Gasteiger partial charge in [-0.1, -0.05) is 0 Å². The van der Waals surface area contributed by atoms with Crippen LogP contribution in [0, 0.1) is 0 Å².